The third-order valence-electron chi connectivity index (χ3n) is 6.22. The predicted molar refractivity (Wildman–Crippen MR) is 128 cm³/mol. The molecule has 1 aliphatic carbocycles. The molecule has 0 aromatic heterocycles. The van der Waals surface area contributed by atoms with E-state index in [4.69, 9.17) is 9.47 Å². The van der Waals surface area contributed by atoms with Crippen molar-refractivity contribution in [2.75, 3.05) is 19.5 Å². The van der Waals surface area contributed by atoms with Crippen molar-refractivity contribution in [3.63, 3.8) is 0 Å². The monoisotopic (exact) mass is 526 g/mol. The highest BCUT2D eigenvalue weighted by Crippen LogP contribution is 2.32. The number of hydrogen-bond donors (Lipinski definition) is 3. The third kappa shape index (κ3) is 7.07. The molecule has 2 amide bonds. The average Bonchev–Trinajstić information content (AvgIpc) is 2.85. The number of ether oxygens (including phenoxy) is 2. The van der Waals surface area contributed by atoms with Crippen molar-refractivity contribution >= 4 is 23.6 Å². The van der Waals surface area contributed by atoms with Crippen LogP contribution in [-0.4, -0.2) is 54.1 Å². The van der Waals surface area contributed by atoms with Crippen LogP contribution in [0, 0.1) is 17.5 Å². The maximum Gasteiger partial charge on any atom is 0.258 e. The number of carbonyl (C=O) groups excluding carboxylic acids is 2. The summed E-state index contributed by atoms with van der Waals surface area (Å²) in [6, 6.07) is 7.01. The molecule has 1 saturated carbocycles. The van der Waals surface area contributed by atoms with Crippen molar-refractivity contribution < 1.29 is 37.3 Å². The summed E-state index contributed by atoms with van der Waals surface area (Å²) in [6.07, 6.45) is 2.36. The summed E-state index contributed by atoms with van der Waals surface area (Å²) in [5.74, 6) is -3.21. The average molecular weight is 527 g/mol. The van der Waals surface area contributed by atoms with Crippen molar-refractivity contribution in [1.29, 1.82) is 0 Å². The number of carbonyl (C=O) groups is 2. The lowest BCUT2D eigenvalue weighted by atomic mass is 9.75. The van der Waals surface area contributed by atoms with Gasteiger partial charge in [-0.2, -0.15) is 0 Å². The molecule has 2 aromatic carbocycles. The molecule has 3 atom stereocenters. The first-order valence-corrected chi connectivity index (χ1v) is 12.7. The molecule has 0 spiro atoms. The fraction of sp³-hybridized carbons (Fsp3) is 0.440. The second-order valence-electron chi connectivity index (χ2n) is 8.56. The second-order valence-corrected chi connectivity index (χ2v) is 9.41. The summed E-state index contributed by atoms with van der Waals surface area (Å²) in [6.45, 7) is 1.09. The largest absolute Gasteiger partial charge is 0.484 e. The number of thioether (sulfide) groups is 1. The van der Waals surface area contributed by atoms with Gasteiger partial charge in [0.25, 0.3) is 11.8 Å². The van der Waals surface area contributed by atoms with E-state index in [0.717, 1.165) is 12.1 Å². The van der Waals surface area contributed by atoms with Gasteiger partial charge in [0, 0.05) is 23.1 Å². The molecule has 0 saturated heterocycles. The van der Waals surface area contributed by atoms with Crippen molar-refractivity contribution in [2.45, 2.75) is 55.2 Å². The fourth-order valence-electron chi connectivity index (χ4n) is 4.17. The minimum absolute atomic E-state index is 0.00622. The van der Waals surface area contributed by atoms with Crippen molar-refractivity contribution in [1.82, 2.24) is 10.6 Å². The Labute approximate surface area is 211 Å². The van der Waals surface area contributed by atoms with Crippen LogP contribution in [0.1, 0.15) is 32.6 Å². The van der Waals surface area contributed by atoms with E-state index in [1.807, 2.05) is 6.92 Å². The summed E-state index contributed by atoms with van der Waals surface area (Å²) >= 11 is 1.27. The smallest absolute Gasteiger partial charge is 0.258 e. The van der Waals surface area contributed by atoms with Gasteiger partial charge in [0.05, 0.1) is 11.6 Å². The highest BCUT2D eigenvalue weighted by atomic mass is 32.2. The number of rotatable bonds is 10. The Morgan fingerprint density at radius 1 is 1.03 bits per heavy atom. The van der Waals surface area contributed by atoms with Gasteiger partial charge in [-0.15, -0.1) is 11.8 Å². The van der Waals surface area contributed by atoms with Crippen LogP contribution < -0.4 is 20.1 Å². The topological polar surface area (TPSA) is 96.9 Å². The molecule has 0 aliphatic heterocycles. The Hall–Kier alpha value is -2.92. The van der Waals surface area contributed by atoms with Gasteiger partial charge in [-0.05, 0) is 56.2 Å². The van der Waals surface area contributed by atoms with Crippen LogP contribution in [0.5, 0.6) is 11.5 Å². The van der Waals surface area contributed by atoms with E-state index in [1.54, 1.807) is 18.4 Å². The lowest BCUT2D eigenvalue weighted by molar-refractivity contribution is -0.129. The first kappa shape index (κ1) is 27.7. The van der Waals surface area contributed by atoms with Gasteiger partial charge in [0.1, 0.15) is 17.3 Å². The van der Waals surface area contributed by atoms with Crippen LogP contribution in [0.2, 0.25) is 0 Å². The van der Waals surface area contributed by atoms with Crippen LogP contribution in [0.4, 0.5) is 13.2 Å². The Kier molecular flexibility index (Phi) is 9.49. The third-order valence-corrected chi connectivity index (χ3v) is 6.99. The molecule has 0 radical (unpaired) electrons. The number of halogens is 3. The molecule has 196 valence electrons. The highest BCUT2D eigenvalue weighted by Gasteiger charge is 2.43. The van der Waals surface area contributed by atoms with Crippen molar-refractivity contribution in [3.05, 3.63) is 53.8 Å². The Morgan fingerprint density at radius 2 is 1.67 bits per heavy atom. The molecular formula is C25H29F3N2O5S. The highest BCUT2D eigenvalue weighted by molar-refractivity contribution is 7.98. The standard InChI is InChI=1S/C25H29F3N2O5S/c1-3-25(30-24(33)14-35-16-4-6-18(26)19(27)11-16)9-8-15(10-22(25)31)29-23(32)13-34-17-5-7-21(36-2)20(28)12-17/h4-7,11-12,15,22,31H,3,8-10,13-14H2,1-2H3,(H,29,32)(H,30,33). The molecular weight excluding hydrogens is 497 g/mol. The van der Waals surface area contributed by atoms with Crippen molar-refractivity contribution in [3.8, 4) is 11.5 Å². The maximum atomic E-state index is 13.9. The van der Waals surface area contributed by atoms with E-state index in [1.165, 1.54) is 23.9 Å². The number of amides is 2. The molecule has 3 unspecified atom stereocenters. The summed E-state index contributed by atoms with van der Waals surface area (Å²) in [5.41, 5.74) is -0.914. The van der Waals surface area contributed by atoms with Gasteiger partial charge < -0.3 is 25.2 Å². The zero-order valence-electron chi connectivity index (χ0n) is 20.0. The molecule has 7 nitrogen and oxygen atoms in total. The minimum Gasteiger partial charge on any atom is -0.484 e. The molecule has 0 bridgehead atoms. The molecule has 11 heteroatoms. The van der Waals surface area contributed by atoms with Crippen LogP contribution in [0.3, 0.4) is 0 Å². The van der Waals surface area contributed by atoms with Gasteiger partial charge in [0.2, 0.25) is 0 Å². The van der Waals surface area contributed by atoms with E-state index < -0.39 is 47.5 Å². The molecule has 2 aromatic rings. The Balaban J connectivity index is 1.47. The first-order chi connectivity index (χ1) is 17.2. The van der Waals surface area contributed by atoms with Gasteiger partial charge in [-0.3, -0.25) is 9.59 Å². The predicted octanol–water partition coefficient (Wildman–Crippen LogP) is 3.58. The Morgan fingerprint density at radius 3 is 2.25 bits per heavy atom. The molecule has 3 N–H and O–H groups in total. The zero-order valence-corrected chi connectivity index (χ0v) is 20.8. The zero-order chi connectivity index (χ0) is 26.3. The molecule has 1 fully saturated rings. The van der Waals surface area contributed by atoms with E-state index >= 15 is 0 Å². The van der Waals surface area contributed by atoms with Crippen LogP contribution in [0.15, 0.2) is 41.3 Å². The van der Waals surface area contributed by atoms with Crippen molar-refractivity contribution in [2.24, 2.45) is 0 Å². The molecule has 36 heavy (non-hydrogen) atoms. The van der Waals surface area contributed by atoms with E-state index in [9.17, 15) is 27.9 Å². The number of benzene rings is 2. The lowest BCUT2D eigenvalue weighted by Gasteiger charge is -2.44. The van der Waals surface area contributed by atoms with Crippen LogP contribution in [-0.2, 0) is 9.59 Å². The van der Waals surface area contributed by atoms with Gasteiger partial charge in [0.15, 0.2) is 24.8 Å². The number of aliphatic hydroxyl groups excluding tert-OH is 1. The molecule has 3 rings (SSSR count). The second kappa shape index (κ2) is 12.4. The van der Waals surface area contributed by atoms with Gasteiger partial charge in [-0.1, -0.05) is 6.92 Å². The van der Waals surface area contributed by atoms with Gasteiger partial charge in [-0.25, -0.2) is 13.2 Å². The number of hydrogen-bond acceptors (Lipinski definition) is 6. The van der Waals surface area contributed by atoms with Crippen LogP contribution in [0.25, 0.3) is 0 Å². The minimum atomic E-state index is -1.08. The van der Waals surface area contributed by atoms with E-state index in [2.05, 4.69) is 10.6 Å². The van der Waals surface area contributed by atoms with Crippen LogP contribution >= 0.6 is 11.8 Å². The van der Waals surface area contributed by atoms with E-state index in [-0.39, 0.29) is 30.6 Å². The summed E-state index contributed by atoms with van der Waals surface area (Å²) in [5, 5.41) is 16.4. The normalized spacial score (nSPS) is 21.5. The maximum absolute atomic E-state index is 13.9. The lowest BCUT2D eigenvalue weighted by Crippen LogP contribution is -2.62. The number of aliphatic hydroxyl groups is 1. The summed E-state index contributed by atoms with van der Waals surface area (Å²) < 4.78 is 50.8. The van der Waals surface area contributed by atoms with E-state index in [0.29, 0.717) is 24.2 Å². The fourth-order valence-corrected chi connectivity index (χ4v) is 4.63. The summed E-state index contributed by atoms with van der Waals surface area (Å²) in [4.78, 5) is 25.3. The molecule has 1 aliphatic rings. The SMILES string of the molecule is CCC1(NC(=O)COc2ccc(F)c(F)c2)CCC(NC(=O)COc2ccc(SC)c(F)c2)CC1O. The van der Waals surface area contributed by atoms with Gasteiger partial charge >= 0.3 is 0 Å². The number of nitrogens with one attached hydrogen (secondary N) is 2. The molecule has 0 heterocycles. The summed E-state index contributed by atoms with van der Waals surface area (Å²) in [7, 11) is 0. The Bertz CT molecular complexity index is 1090. The quantitative estimate of drug-likeness (QED) is 0.410. The first-order valence-electron chi connectivity index (χ1n) is 11.5.